The molecule has 0 aliphatic carbocycles. The van der Waals surface area contributed by atoms with Gasteiger partial charge in [0.2, 0.25) is 0 Å². The summed E-state index contributed by atoms with van der Waals surface area (Å²) in [5.74, 6) is 0.128. The van der Waals surface area contributed by atoms with Crippen molar-refractivity contribution in [3.8, 4) is 0 Å². The topological polar surface area (TPSA) is 48.7 Å². The molecule has 0 spiro atoms. The number of benzene rings is 1. The van der Waals surface area contributed by atoms with Crippen molar-refractivity contribution < 1.29 is 9.21 Å². The fourth-order valence-corrected chi connectivity index (χ4v) is 5.39. The van der Waals surface area contributed by atoms with Gasteiger partial charge in [0.25, 0.3) is 5.91 Å². The largest absolute Gasteiger partial charge is 0.459 e. The number of rotatable bonds is 7. The summed E-state index contributed by atoms with van der Waals surface area (Å²) in [4.78, 5) is 20.2. The second-order valence-corrected chi connectivity index (χ2v) is 9.81. The van der Waals surface area contributed by atoms with Crippen LogP contribution in [0.1, 0.15) is 39.5 Å². The second-order valence-electron chi connectivity index (χ2n) is 7.80. The Morgan fingerprint density at radius 2 is 1.94 bits per heavy atom. The number of thioether (sulfide) groups is 1. The number of thiophene rings is 1. The van der Waals surface area contributed by atoms with Gasteiger partial charge in [-0.2, -0.15) is 0 Å². The normalized spacial score (nSPS) is 16.4. The third-order valence-electron chi connectivity index (χ3n) is 5.76. The molecular formula is C24H29N3O2S2. The molecule has 1 N–H and O–H groups in total. The number of hydrogen-bond donors (Lipinski definition) is 1. The van der Waals surface area contributed by atoms with Gasteiger partial charge in [0.05, 0.1) is 12.3 Å². The van der Waals surface area contributed by atoms with E-state index in [9.17, 15) is 4.79 Å². The highest BCUT2D eigenvalue weighted by Crippen LogP contribution is 2.40. The summed E-state index contributed by atoms with van der Waals surface area (Å²) in [5.41, 5.74) is 2.43. The van der Waals surface area contributed by atoms with Gasteiger partial charge in [-0.15, -0.1) is 23.1 Å². The van der Waals surface area contributed by atoms with Gasteiger partial charge in [0, 0.05) is 41.5 Å². The number of aryl methyl sites for hydroxylation is 1. The lowest BCUT2D eigenvalue weighted by Gasteiger charge is -2.38. The molecule has 0 unspecified atom stereocenters. The van der Waals surface area contributed by atoms with Crippen molar-refractivity contribution in [2.24, 2.45) is 0 Å². The number of nitrogens with zero attached hydrogens (tertiary/aromatic N) is 2. The summed E-state index contributed by atoms with van der Waals surface area (Å²) in [6.45, 7) is 6.23. The molecule has 1 aliphatic heterocycles. The minimum absolute atomic E-state index is 0.105. The third kappa shape index (κ3) is 5.06. The van der Waals surface area contributed by atoms with E-state index in [0.29, 0.717) is 5.76 Å². The van der Waals surface area contributed by atoms with Crippen LogP contribution in [0.5, 0.6) is 0 Å². The van der Waals surface area contributed by atoms with Crippen LogP contribution in [0.2, 0.25) is 0 Å². The molecule has 1 fully saturated rings. The lowest BCUT2D eigenvalue weighted by atomic mass is 9.97. The second kappa shape index (κ2) is 10.0. The zero-order valence-electron chi connectivity index (χ0n) is 18.3. The van der Waals surface area contributed by atoms with E-state index in [1.807, 2.05) is 0 Å². The average molecular weight is 456 g/mol. The average Bonchev–Trinajstić information content (AvgIpc) is 3.46. The van der Waals surface area contributed by atoms with E-state index in [2.05, 4.69) is 65.7 Å². The number of carbonyl (C=O) groups is 1. The number of amides is 1. The molecule has 3 heterocycles. The van der Waals surface area contributed by atoms with Crippen LogP contribution in [0.3, 0.4) is 0 Å². The first-order chi connectivity index (χ1) is 15.1. The fourth-order valence-electron chi connectivity index (χ4n) is 3.96. The highest BCUT2D eigenvalue weighted by molar-refractivity contribution is 7.98. The lowest BCUT2D eigenvalue weighted by Crippen LogP contribution is -2.46. The van der Waals surface area contributed by atoms with Gasteiger partial charge in [-0.3, -0.25) is 9.69 Å². The minimum Gasteiger partial charge on any atom is -0.459 e. The van der Waals surface area contributed by atoms with Crippen molar-refractivity contribution in [3.63, 3.8) is 0 Å². The van der Waals surface area contributed by atoms with E-state index in [0.717, 1.165) is 37.6 Å². The first kappa shape index (κ1) is 22.1. The Labute approximate surface area is 192 Å². The van der Waals surface area contributed by atoms with Gasteiger partial charge in [0.15, 0.2) is 5.76 Å². The standard InChI is InChI=1S/C24H29N3O2S2/c1-4-18-16-20(24(31-18)25-23(28)21-6-5-15-29-21)22(27-13-11-26(2)12-14-27)17-7-9-19(30-3)10-8-17/h5-10,15-16,22H,4,11-14H2,1-3H3,(H,25,28)/t22-/m0/s1. The predicted octanol–water partition coefficient (Wildman–Crippen LogP) is 5.21. The molecule has 0 bridgehead atoms. The van der Waals surface area contributed by atoms with Gasteiger partial charge < -0.3 is 14.6 Å². The molecule has 2 aromatic heterocycles. The van der Waals surface area contributed by atoms with Crippen LogP contribution in [-0.4, -0.2) is 55.2 Å². The molecule has 1 atom stereocenters. The maximum absolute atomic E-state index is 12.8. The van der Waals surface area contributed by atoms with Crippen molar-refractivity contribution >= 4 is 34.0 Å². The molecule has 1 aliphatic rings. The smallest absolute Gasteiger partial charge is 0.291 e. The van der Waals surface area contributed by atoms with Crippen molar-refractivity contribution in [1.82, 2.24) is 9.80 Å². The Kier molecular flexibility index (Phi) is 7.17. The Bertz CT molecular complexity index is 991. The maximum atomic E-state index is 12.8. The van der Waals surface area contributed by atoms with Crippen LogP contribution in [0.15, 0.2) is 58.0 Å². The summed E-state index contributed by atoms with van der Waals surface area (Å²) in [6, 6.07) is 14.7. The highest BCUT2D eigenvalue weighted by Gasteiger charge is 2.29. The zero-order chi connectivity index (χ0) is 21.8. The maximum Gasteiger partial charge on any atom is 0.291 e. The van der Waals surface area contributed by atoms with Crippen LogP contribution in [-0.2, 0) is 6.42 Å². The van der Waals surface area contributed by atoms with Crippen LogP contribution in [0.4, 0.5) is 5.00 Å². The molecule has 7 heteroatoms. The van der Waals surface area contributed by atoms with E-state index in [-0.39, 0.29) is 11.9 Å². The number of nitrogens with one attached hydrogen (secondary N) is 1. The summed E-state index contributed by atoms with van der Waals surface area (Å²) in [7, 11) is 2.18. The molecular weight excluding hydrogens is 426 g/mol. The summed E-state index contributed by atoms with van der Waals surface area (Å²) < 4.78 is 5.31. The molecule has 1 amide bonds. The van der Waals surface area contributed by atoms with Crippen molar-refractivity contribution in [2.45, 2.75) is 24.3 Å². The van der Waals surface area contributed by atoms with E-state index < -0.39 is 0 Å². The van der Waals surface area contributed by atoms with E-state index >= 15 is 0 Å². The molecule has 0 saturated carbocycles. The summed E-state index contributed by atoms with van der Waals surface area (Å²) >= 11 is 3.42. The van der Waals surface area contributed by atoms with Crippen LogP contribution in [0.25, 0.3) is 0 Å². The number of likely N-dealkylation sites (N-methyl/N-ethyl adjacent to an activating group) is 1. The minimum atomic E-state index is -0.203. The number of anilines is 1. The van der Waals surface area contributed by atoms with Gasteiger partial charge >= 0.3 is 0 Å². The number of piperazine rings is 1. The Balaban J connectivity index is 1.72. The molecule has 4 rings (SSSR count). The number of carbonyl (C=O) groups excluding carboxylic acids is 1. The van der Waals surface area contributed by atoms with E-state index in [4.69, 9.17) is 4.42 Å². The molecule has 31 heavy (non-hydrogen) atoms. The first-order valence-corrected chi connectivity index (χ1v) is 12.7. The molecule has 5 nitrogen and oxygen atoms in total. The third-order valence-corrected chi connectivity index (χ3v) is 7.72. The SMILES string of the molecule is CCc1cc([C@H](c2ccc(SC)cc2)N2CCN(C)CC2)c(NC(=O)c2ccco2)s1. The lowest BCUT2D eigenvalue weighted by molar-refractivity contribution is 0.0996. The van der Waals surface area contributed by atoms with Gasteiger partial charge in [-0.05, 0) is 55.6 Å². The molecule has 3 aromatic rings. The molecule has 0 radical (unpaired) electrons. The predicted molar refractivity (Wildman–Crippen MR) is 129 cm³/mol. The zero-order valence-corrected chi connectivity index (χ0v) is 19.9. The number of furan rings is 1. The summed E-state index contributed by atoms with van der Waals surface area (Å²) in [6.07, 6.45) is 4.57. The van der Waals surface area contributed by atoms with E-state index in [1.54, 1.807) is 35.2 Å². The molecule has 1 aromatic carbocycles. The van der Waals surface area contributed by atoms with Crippen molar-refractivity contribution in [2.75, 3.05) is 44.8 Å². The van der Waals surface area contributed by atoms with Crippen LogP contribution < -0.4 is 5.32 Å². The monoisotopic (exact) mass is 455 g/mol. The van der Waals surface area contributed by atoms with Crippen molar-refractivity contribution in [3.05, 3.63) is 70.5 Å². The molecule has 1 saturated heterocycles. The number of hydrogen-bond acceptors (Lipinski definition) is 6. The van der Waals surface area contributed by atoms with Gasteiger partial charge in [0.1, 0.15) is 5.00 Å². The van der Waals surface area contributed by atoms with Crippen molar-refractivity contribution in [1.29, 1.82) is 0 Å². The van der Waals surface area contributed by atoms with Crippen LogP contribution in [0, 0.1) is 0 Å². The molecule has 164 valence electrons. The summed E-state index contributed by atoms with van der Waals surface area (Å²) in [5, 5.41) is 4.05. The Morgan fingerprint density at radius 3 is 2.55 bits per heavy atom. The van der Waals surface area contributed by atoms with Gasteiger partial charge in [-0.1, -0.05) is 19.1 Å². The quantitative estimate of drug-likeness (QED) is 0.495. The fraction of sp³-hybridized carbons (Fsp3) is 0.375. The Morgan fingerprint density at radius 1 is 1.19 bits per heavy atom. The Hall–Kier alpha value is -2.06. The highest BCUT2D eigenvalue weighted by atomic mass is 32.2. The van der Waals surface area contributed by atoms with Gasteiger partial charge in [-0.25, -0.2) is 0 Å². The first-order valence-electron chi connectivity index (χ1n) is 10.6. The van der Waals surface area contributed by atoms with Crippen LogP contribution >= 0.6 is 23.1 Å². The van der Waals surface area contributed by atoms with E-state index in [1.165, 1.54) is 27.2 Å².